The number of amides is 1. The highest BCUT2D eigenvalue weighted by Crippen LogP contribution is 2.20. The average molecular weight is 456 g/mol. The topological polar surface area (TPSA) is 104 Å². The Kier molecular flexibility index (Phi) is 8.38. The zero-order valence-corrected chi connectivity index (χ0v) is 19.4. The van der Waals surface area contributed by atoms with Gasteiger partial charge in [0.1, 0.15) is 24.7 Å². The summed E-state index contributed by atoms with van der Waals surface area (Å²) in [5.41, 5.74) is 2.38. The third-order valence-corrected chi connectivity index (χ3v) is 5.61. The molecule has 0 radical (unpaired) electrons. The highest BCUT2D eigenvalue weighted by atomic mass is 32.2. The minimum Gasteiger partial charge on any atom is -0.492 e. The van der Waals surface area contributed by atoms with Gasteiger partial charge in [-0.3, -0.25) is 4.79 Å². The third kappa shape index (κ3) is 6.91. The first-order valence-electron chi connectivity index (χ1n) is 10.4. The van der Waals surface area contributed by atoms with E-state index in [1.165, 1.54) is 22.0 Å². The molecule has 3 aromatic rings. The highest BCUT2D eigenvalue weighted by molar-refractivity contribution is 7.99. The van der Waals surface area contributed by atoms with Gasteiger partial charge < -0.3 is 20.6 Å². The first-order valence-corrected chi connectivity index (χ1v) is 11.4. The van der Waals surface area contributed by atoms with E-state index in [-0.39, 0.29) is 18.3 Å². The van der Waals surface area contributed by atoms with Crippen LogP contribution in [0, 0.1) is 6.92 Å². The Morgan fingerprint density at radius 1 is 1.12 bits per heavy atom. The largest absolute Gasteiger partial charge is 0.492 e. The van der Waals surface area contributed by atoms with Gasteiger partial charge in [0.2, 0.25) is 11.1 Å². The number of hydrogen-bond donors (Lipinski definition) is 2. The van der Waals surface area contributed by atoms with Crippen LogP contribution in [0.3, 0.4) is 0 Å². The van der Waals surface area contributed by atoms with E-state index in [0.717, 1.165) is 17.1 Å². The first-order chi connectivity index (χ1) is 15.4. The highest BCUT2D eigenvalue weighted by Gasteiger charge is 2.13. The normalized spacial score (nSPS) is 10.9. The second kappa shape index (κ2) is 11.4. The van der Waals surface area contributed by atoms with E-state index in [4.69, 9.17) is 15.3 Å². The molecule has 8 nitrogen and oxygen atoms in total. The van der Waals surface area contributed by atoms with E-state index in [0.29, 0.717) is 30.1 Å². The van der Waals surface area contributed by atoms with E-state index in [2.05, 4.69) is 29.4 Å². The molecule has 1 amide bonds. The minimum atomic E-state index is -0.131. The number of rotatable bonds is 11. The standard InChI is InChI=1S/C23H29N5O3S/c1-16(2)18-7-9-19(10-8-18)31-14-21-26-27-23(28(21)24)32-15-22(29)25-11-12-30-20-6-4-5-17(3)13-20/h4-10,13,16H,11-12,14-15,24H2,1-3H3,(H,25,29). The van der Waals surface area contributed by atoms with Crippen LogP contribution in [0.2, 0.25) is 0 Å². The molecule has 0 aliphatic rings. The number of aryl methyl sites for hydroxylation is 1. The summed E-state index contributed by atoms with van der Waals surface area (Å²) in [4.78, 5) is 12.1. The van der Waals surface area contributed by atoms with Crippen molar-refractivity contribution in [3.05, 3.63) is 65.5 Å². The predicted molar refractivity (Wildman–Crippen MR) is 125 cm³/mol. The summed E-state index contributed by atoms with van der Waals surface area (Å²) in [5, 5.41) is 11.4. The van der Waals surface area contributed by atoms with Gasteiger partial charge in [0.15, 0.2) is 5.82 Å². The van der Waals surface area contributed by atoms with Gasteiger partial charge in [-0.05, 0) is 48.2 Å². The number of hydrogen-bond acceptors (Lipinski definition) is 7. The van der Waals surface area contributed by atoms with Crippen LogP contribution in [-0.2, 0) is 11.4 Å². The van der Waals surface area contributed by atoms with Crippen LogP contribution >= 0.6 is 11.8 Å². The van der Waals surface area contributed by atoms with Gasteiger partial charge in [-0.2, -0.15) is 0 Å². The second-order valence-electron chi connectivity index (χ2n) is 7.58. The van der Waals surface area contributed by atoms with E-state index < -0.39 is 0 Å². The number of carbonyl (C=O) groups is 1. The minimum absolute atomic E-state index is 0.131. The lowest BCUT2D eigenvalue weighted by Gasteiger charge is -2.09. The fraction of sp³-hybridized carbons (Fsp3) is 0.348. The maximum Gasteiger partial charge on any atom is 0.230 e. The van der Waals surface area contributed by atoms with Crippen molar-refractivity contribution in [1.29, 1.82) is 0 Å². The van der Waals surface area contributed by atoms with Crippen LogP contribution < -0.4 is 20.6 Å². The summed E-state index contributed by atoms with van der Waals surface area (Å²) in [6.07, 6.45) is 0. The van der Waals surface area contributed by atoms with Gasteiger partial charge in [0.05, 0.1) is 12.3 Å². The van der Waals surface area contributed by atoms with Crippen molar-refractivity contribution in [1.82, 2.24) is 20.2 Å². The molecule has 3 N–H and O–H groups in total. The molecule has 0 atom stereocenters. The van der Waals surface area contributed by atoms with E-state index in [9.17, 15) is 4.79 Å². The number of benzene rings is 2. The summed E-state index contributed by atoms with van der Waals surface area (Å²) < 4.78 is 12.7. The van der Waals surface area contributed by atoms with Gasteiger partial charge in [0, 0.05) is 0 Å². The van der Waals surface area contributed by atoms with Gasteiger partial charge >= 0.3 is 0 Å². The van der Waals surface area contributed by atoms with Crippen molar-refractivity contribution in [2.24, 2.45) is 0 Å². The number of nitrogen functional groups attached to an aromatic ring is 1. The fourth-order valence-corrected chi connectivity index (χ4v) is 3.55. The Bertz CT molecular complexity index is 1020. The number of aromatic nitrogens is 3. The SMILES string of the molecule is Cc1cccc(OCCNC(=O)CSc2nnc(COc3ccc(C(C)C)cc3)n2N)c1. The quantitative estimate of drug-likeness (QED) is 0.260. The van der Waals surface area contributed by atoms with Crippen LogP contribution in [0.5, 0.6) is 11.5 Å². The molecule has 0 spiro atoms. The monoisotopic (exact) mass is 455 g/mol. The number of ether oxygens (including phenoxy) is 2. The maximum atomic E-state index is 12.1. The molecule has 170 valence electrons. The third-order valence-electron chi connectivity index (χ3n) is 4.66. The lowest BCUT2D eigenvalue weighted by atomic mass is 10.0. The molecule has 0 aliphatic heterocycles. The van der Waals surface area contributed by atoms with Crippen LogP contribution in [-0.4, -0.2) is 39.7 Å². The number of nitrogens with two attached hydrogens (primary N) is 1. The van der Waals surface area contributed by atoms with Gasteiger partial charge in [-0.15, -0.1) is 10.2 Å². The van der Waals surface area contributed by atoms with Crippen molar-refractivity contribution in [2.75, 3.05) is 24.7 Å². The zero-order chi connectivity index (χ0) is 22.9. The Morgan fingerprint density at radius 2 is 1.91 bits per heavy atom. The summed E-state index contributed by atoms with van der Waals surface area (Å²) in [6.45, 7) is 7.29. The molecule has 1 aromatic heterocycles. The summed E-state index contributed by atoms with van der Waals surface area (Å²) in [7, 11) is 0. The van der Waals surface area contributed by atoms with Gasteiger partial charge in [0.25, 0.3) is 0 Å². The Morgan fingerprint density at radius 3 is 2.62 bits per heavy atom. The molecule has 0 bridgehead atoms. The van der Waals surface area contributed by atoms with E-state index in [1.807, 2.05) is 55.5 Å². The zero-order valence-electron chi connectivity index (χ0n) is 18.6. The summed E-state index contributed by atoms with van der Waals surface area (Å²) >= 11 is 1.22. The fourth-order valence-electron chi connectivity index (χ4n) is 2.85. The summed E-state index contributed by atoms with van der Waals surface area (Å²) in [6, 6.07) is 15.7. The van der Waals surface area contributed by atoms with Crippen LogP contribution in [0.15, 0.2) is 53.7 Å². The summed E-state index contributed by atoms with van der Waals surface area (Å²) in [5.74, 6) is 8.57. The molecule has 9 heteroatoms. The van der Waals surface area contributed by atoms with Crippen LogP contribution in [0.25, 0.3) is 0 Å². The predicted octanol–water partition coefficient (Wildman–Crippen LogP) is 3.29. The molecular weight excluding hydrogens is 426 g/mol. The Labute approximate surface area is 192 Å². The molecule has 32 heavy (non-hydrogen) atoms. The second-order valence-corrected chi connectivity index (χ2v) is 8.53. The molecule has 0 saturated heterocycles. The van der Waals surface area contributed by atoms with Gasteiger partial charge in [-0.1, -0.05) is 49.9 Å². The Balaban J connectivity index is 1.38. The molecule has 0 saturated carbocycles. The van der Waals surface area contributed by atoms with Crippen LogP contribution in [0.4, 0.5) is 0 Å². The molecule has 0 aliphatic carbocycles. The number of nitrogens with one attached hydrogen (secondary N) is 1. The lowest BCUT2D eigenvalue weighted by Crippen LogP contribution is -2.29. The lowest BCUT2D eigenvalue weighted by molar-refractivity contribution is -0.118. The van der Waals surface area contributed by atoms with Crippen molar-refractivity contribution in [2.45, 2.75) is 38.5 Å². The molecule has 2 aromatic carbocycles. The van der Waals surface area contributed by atoms with E-state index in [1.54, 1.807) is 0 Å². The molecule has 0 unspecified atom stereocenters. The molecular formula is C23H29N5O3S. The average Bonchev–Trinajstić information content (AvgIpc) is 3.13. The Hall–Kier alpha value is -3.20. The number of thioether (sulfide) groups is 1. The van der Waals surface area contributed by atoms with Gasteiger partial charge in [-0.25, -0.2) is 4.68 Å². The maximum absolute atomic E-state index is 12.1. The molecule has 3 rings (SSSR count). The van der Waals surface area contributed by atoms with Crippen molar-refractivity contribution < 1.29 is 14.3 Å². The van der Waals surface area contributed by atoms with Crippen molar-refractivity contribution in [3.63, 3.8) is 0 Å². The first kappa shape index (κ1) is 23.5. The number of nitrogens with zero attached hydrogens (tertiary/aromatic N) is 3. The molecule has 1 heterocycles. The number of carbonyl (C=O) groups excluding carboxylic acids is 1. The molecule has 0 fully saturated rings. The van der Waals surface area contributed by atoms with Crippen LogP contribution in [0.1, 0.15) is 36.7 Å². The van der Waals surface area contributed by atoms with Crippen molar-refractivity contribution in [3.8, 4) is 11.5 Å². The van der Waals surface area contributed by atoms with E-state index >= 15 is 0 Å². The van der Waals surface area contributed by atoms with Crippen molar-refractivity contribution >= 4 is 17.7 Å². The smallest absolute Gasteiger partial charge is 0.230 e.